The van der Waals surface area contributed by atoms with Crippen molar-refractivity contribution in [2.24, 2.45) is 10.6 Å². The lowest BCUT2D eigenvalue weighted by Crippen LogP contribution is -2.20. The fourth-order valence-electron chi connectivity index (χ4n) is 0.697. The summed E-state index contributed by atoms with van der Waals surface area (Å²) < 4.78 is 4.88. The lowest BCUT2D eigenvalue weighted by Gasteiger charge is -2.14. The van der Waals surface area contributed by atoms with Crippen LogP contribution in [0.1, 0.15) is 20.3 Å². The third-order valence-corrected chi connectivity index (χ3v) is 1.57. The van der Waals surface area contributed by atoms with Crippen molar-refractivity contribution < 1.29 is 14.4 Å². The Morgan fingerprint density at radius 1 is 1.60 bits per heavy atom. The molecule has 0 aromatic carbocycles. The summed E-state index contributed by atoms with van der Waals surface area (Å²) >= 11 is 0. The van der Waals surface area contributed by atoms with Crippen LogP contribution in [-0.2, 0) is 9.57 Å². The number of nitrogens with one attached hydrogen (secondary N) is 1. The van der Waals surface area contributed by atoms with Gasteiger partial charge < -0.3 is 10.1 Å². The third-order valence-electron chi connectivity index (χ3n) is 1.57. The van der Waals surface area contributed by atoms with E-state index in [4.69, 9.17) is 10.00 Å². The largest absolute Gasteiger partial charge is 0.482 e. The van der Waals surface area contributed by atoms with E-state index in [-0.39, 0.29) is 12.3 Å². The van der Waals surface area contributed by atoms with E-state index < -0.39 is 11.5 Å². The quantitative estimate of drug-likeness (QED) is 0.331. The first-order valence-corrected chi connectivity index (χ1v) is 4.36. The van der Waals surface area contributed by atoms with Crippen molar-refractivity contribution in [3.05, 3.63) is 0 Å². The number of rotatable bonds is 3. The highest BCUT2D eigenvalue weighted by Gasteiger charge is 2.21. The lowest BCUT2D eigenvalue weighted by atomic mass is 9.91. The maximum Gasteiger partial charge on any atom is 0.433 e. The number of nitriles is 1. The van der Waals surface area contributed by atoms with Crippen LogP contribution in [-0.4, -0.2) is 26.1 Å². The second kappa shape index (κ2) is 5.86. The van der Waals surface area contributed by atoms with E-state index in [2.05, 4.69) is 21.4 Å². The van der Waals surface area contributed by atoms with Gasteiger partial charge in [-0.05, 0) is 19.0 Å². The Bertz CT molecular complexity index is 291. The number of hydrogen-bond acceptors (Lipinski definition) is 5. The van der Waals surface area contributed by atoms with Crippen molar-refractivity contribution >= 4 is 12.0 Å². The summed E-state index contributed by atoms with van der Waals surface area (Å²) in [6.45, 7) is 3.48. The number of carbonyl (C=O) groups is 1. The van der Waals surface area contributed by atoms with Gasteiger partial charge in [0.1, 0.15) is 0 Å². The highest BCUT2D eigenvalue weighted by atomic mass is 16.7. The van der Waals surface area contributed by atoms with Crippen LogP contribution in [0.5, 0.6) is 0 Å². The van der Waals surface area contributed by atoms with Crippen molar-refractivity contribution in [3.8, 4) is 6.07 Å². The summed E-state index contributed by atoms with van der Waals surface area (Å²) in [5, 5.41) is 14.5. The minimum absolute atomic E-state index is 0.199. The topological polar surface area (TPSA) is 83.7 Å². The number of hydrogen-bond donors (Lipinski definition) is 1. The Hall–Kier alpha value is -1.77. The van der Waals surface area contributed by atoms with Crippen molar-refractivity contribution in [3.63, 3.8) is 0 Å². The van der Waals surface area contributed by atoms with E-state index in [9.17, 15) is 4.79 Å². The molecular formula is C9H15N3O3. The number of nitrogens with zero attached hydrogens (tertiary/aromatic N) is 2. The van der Waals surface area contributed by atoms with Crippen LogP contribution >= 0.6 is 0 Å². The number of carbonyl (C=O) groups excluding carboxylic acids is 1. The number of oxime groups is 1. The van der Waals surface area contributed by atoms with Gasteiger partial charge >= 0.3 is 6.09 Å². The van der Waals surface area contributed by atoms with Crippen LogP contribution in [0.15, 0.2) is 5.16 Å². The molecule has 0 saturated heterocycles. The van der Waals surface area contributed by atoms with E-state index in [0.29, 0.717) is 0 Å². The van der Waals surface area contributed by atoms with Crippen LogP contribution in [0.25, 0.3) is 0 Å². The molecule has 0 rings (SSSR count). The average Bonchev–Trinajstić information content (AvgIpc) is 2.23. The normalized spacial score (nSPS) is 11.5. The fraction of sp³-hybridized carbons (Fsp3) is 0.667. The fourth-order valence-corrected chi connectivity index (χ4v) is 0.697. The summed E-state index contributed by atoms with van der Waals surface area (Å²) in [5.41, 5.74) is -0.610. The molecule has 0 aliphatic rings. The van der Waals surface area contributed by atoms with E-state index in [1.54, 1.807) is 13.8 Å². The lowest BCUT2D eigenvalue weighted by molar-refractivity contribution is 0.147. The van der Waals surface area contributed by atoms with Crippen LogP contribution in [0.3, 0.4) is 0 Å². The average molecular weight is 213 g/mol. The van der Waals surface area contributed by atoms with Crippen molar-refractivity contribution in [2.75, 3.05) is 14.2 Å². The molecule has 0 aliphatic carbocycles. The van der Waals surface area contributed by atoms with Crippen molar-refractivity contribution in [2.45, 2.75) is 20.3 Å². The molecule has 0 atom stereocenters. The Balaban J connectivity index is 4.38. The molecule has 0 spiro atoms. The summed E-state index contributed by atoms with van der Waals surface area (Å²) in [5.74, 6) is 0.199. The second-order valence-corrected chi connectivity index (χ2v) is 3.49. The van der Waals surface area contributed by atoms with Crippen LogP contribution in [0, 0.1) is 16.7 Å². The molecule has 0 aliphatic heterocycles. The highest BCUT2D eigenvalue weighted by molar-refractivity contribution is 5.77. The van der Waals surface area contributed by atoms with E-state index in [0.717, 1.165) is 0 Å². The second-order valence-electron chi connectivity index (χ2n) is 3.49. The first-order chi connectivity index (χ1) is 6.95. The van der Waals surface area contributed by atoms with Gasteiger partial charge in [-0.3, -0.25) is 4.84 Å². The Kier molecular flexibility index (Phi) is 5.16. The predicted molar refractivity (Wildman–Crippen MR) is 54.0 cm³/mol. The van der Waals surface area contributed by atoms with E-state index >= 15 is 0 Å². The van der Waals surface area contributed by atoms with Gasteiger partial charge in [-0.2, -0.15) is 5.26 Å². The molecule has 0 aromatic rings. The van der Waals surface area contributed by atoms with Gasteiger partial charge in [0.15, 0.2) is 0 Å². The smallest absolute Gasteiger partial charge is 0.433 e. The molecule has 0 saturated carbocycles. The molecular weight excluding hydrogens is 198 g/mol. The Labute approximate surface area is 88.8 Å². The molecule has 6 heteroatoms. The molecule has 15 heavy (non-hydrogen) atoms. The standard InChI is InChI=1S/C9H15N3O3/c1-9(2,6-10)5-7(14-4)12-15-8(13)11-3/h5H2,1-4H3,(H,11,13). The van der Waals surface area contributed by atoms with Gasteiger partial charge in [-0.1, -0.05) is 0 Å². The van der Waals surface area contributed by atoms with E-state index in [1.165, 1.54) is 14.2 Å². The molecule has 0 unspecified atom stereocenters. The zero-order chi connectivity index (χ0) is 11.9. The summed E-state index contributed by atoms with van der Waals surface area (Å²) in [6.07, 6.45) is -0.406. The van der Waals surface area contributed by atoms with Crippen LogP contribution in [0.2, 0.25) is 0 Å². The monoisotopic (exact) mass is 213 g/mol. The van der Waals surface area contributed by atoms with Crippen LogP contribution < -0.4 is 5.32 Å². The number of methoxy groups -OCH3 is 1. The van der Waals surface area contributed by atoms with Gasteiger partial charge in [0, 0.05) is 13.5 Å². The molecule has 1 N–H and O–H groups in total. The van der Waals surface area contributed by atoms with Crippen molar-refractivity contribution in [1.29, 1.82) is 5.26 Å². The molecule has 1 amide bonds. The highest BCUT2D eigenvalue weighted by Crippen LogP contribution is 2.19. The predicted octanol–water partition coefficient (Wildman–Crippen LogP) is 1.24. The maximum atomic E-state index is 10.7. The first kappa shape index (κ1) is 13.2. The summed E-state index contributed by atoms with van der Waals surface area (Å²) in [7, 11) is 2.82. The molecule has 0 radical (unpaired) electrons. The van der Waals surface area contributed by atoms with Gasteiger partial charge in [-0.25, -0.2) is 4.79 Å². The molecule has 0 heterocycles. The van der Waals surface area contributed by atoms with Gasteiger partial charge in [0.05, 0.1) is 18.6 Å². The molecule has 84 valence electrons. The summed E-state index contributed by atoms with van der Waals surface area (Å²) in [6, 6.07) is 2.09. The maximum absolute atomic E-state index is 10.7. The first-order valence-electron chi connectivity index (χ1n) is 4.36. The minimum Gasteiger partial charge on any atom is -0.482 e. The molecule has 6 nitrogen and oxygen atoms in total. The third kappa shape index (κ3) is 5.52. The Morgan fingerprint density at radius 2 is 2.20 bits per heavy atom. The molecule has 0 bridgehead atoms. The molecule has 0 aromatic heterocycles. The summed E-state index contributed by atoms with van der Waals surface area (Å²) in [4.78, 5) is 15.1. The Morgan fingerprint density at radius 3 is 2.60 bits per heavy atom. The van der Waals surface area contributed by atoms with Gasteiger partial charge in [0.25, 0.3) is 0 Å². The zero-order valence-corrected chi connectivity index (χ0v) is 9.33. The van der Waals surface area contributed by atoms with Crippen LogP contribution in [0.4, 0.5) is 4.79 Å². The number of ether oxygens (including phenoxy) is 1. The minimum atomic E-state index is -0.681. The van der Waals surface area contributed by atoms with Gasteiger partial charge in [-0.15, -0.1) is 0 Å². The van der Waals surface area contributed by atoms with Crippen molar-refractivity contribution in [1.82, 2.24) is 5.32 Å². The van der Waals surface area contributed by atoms with Gasteiger partial charge in [0.2, 0.25) is 5.90 Å². The van der Waals surface area contributed by atoms with E-state index in [1.807, 2.05) is 0 Å². The molecule has 0 fully saturated rings. The SMILES string of the molecule is CNC(=O)ON=C(CC(C)(C)C#N)OC. The number of amides is 1. The zero-order valence-electron chi connectivity index (χ0n) is 9.33.